The Morgan fingerprint density at radius 3 is 2.74 bits per heavy atom. The number of aromatic nitrogens is 3. The molecule has 0 aliphatic carbocycles. The number of amides is 1. The zero-order chi connectivity index (χ0) is 18.8. The Hall–Kier alpha value is -2.92. The second-order valence-corrected chi connectivity index (χ2v) is 7.03. The zero-order valence-corrected chi connectivity index (χ0v) is 15.5. The van der Waals surface area contributed by atoms with Crippen molar-refractivity contribution < 1.29 is 4.79 Å². The summed E-state index contributed by atoms with van der Waals surface area (Å²) in [7, 11) is 1.86. The van der Waals surface area contributed by atoms with Crippen molar-refractivity contribution in [2.24, 2.45) is 7.05 Å². The van der Waals surface area contributed by atoms with Crippen LogP contribution >= 0.6 is 0 Å². The summed E-state index contributed by atoms with van der Waals surface area (Å²) in [6, 6.07) is 5.71. The molecule has 2 aliphatic rings. The van der Waals surface area contributed by atoms with Gasteiger partial charge in [-0.05, 0) is 25.0 Å². The number of nitrogens with zero attached hydrogens (tertiary/aromatic N) is 7. The molecule has 2 aliphatic heterocycles. The van der Waals surface area contributed by atoms with Crippen LogP contribution in [0.5, 0.6) is 0 Å². The van der Waals surface area contributed by atoms with Gasteiger partial charge in [-0.1, -0.05) is 0 Å². The van der Waals surface area contributed by atoms with E-state index in [1.807, 2.05) is 18.1 Å². The smallest absolute Gasteiger partial charge is 0.244 e. The molecule has 1 amide bonds. The van der Waals surface area contributed by atoms with Gasteiger partial charge < -0.3 is 9.80 Å². The van der Waals surface area contributed by atoms with Crippen LogP contribution in [-0.4, -0.2) is 64.3 Å². The summed E-state index contributed by atoms with van der Waals surface area (Å²) in [5.41, 5.74) is 1.47. The summed E-state index contributed by atoms with van der Waals surface area (Å²) in [6.45, 7) is 3.86. The van der Waals surface area contributed by atoms with Gasteiger partial charge in [0.15, 0.2) is 0 Å². The van der Waals surface area contributed by atoms with E-state index >= 15 is 0 Å². The molecule has 8 heteroatoms. The van der Waals surface area contributed by atoms with Gasteiger partial charge in [0.2, 0.25) is 5.91 Å². The van der Waals surface area contributed by atoms with Crippen LogP contribution in [0.15, 0.2) is 30.7 Å². The molecule has 2 aromatic rings. The Morgan fingerprint density at radius 2 is 2.04 bits per heavy atom. The highest BCUT2D eigenvalue weighted by Crippen LogP contribution is 2.25. The molecule has 1 atom stereocenters. The quantitative estimate of drug-likeness (QED) is 0.807. The number of anilines is 2. The van der Waals surface area contributed by atoms with Gasteiger partial charge in [0, 0.05) is 52.2 Å². The van der Waals surface area contributed by atoms with Gasteiger partial charge in [0.25, 0.3) is 0 Å². The molecule has 27 heavy (non-hydrogen) atoms. The van der Waals surface area contributed by atoms with Gasteiger partial charge in [-0.2, -0.15) is 10.4 Å². The first-order valence-electron chi connectivity index (χ1n) is 9.31. The van der Waals surface area contributed by atoms with Crippen molar-refractivity contribution >= 4 is 17.4 Å². The minimum absolute atomic E-state index is 0.0831. The van der Waals surface area contributed by atoms with Crippen LogP contribution in [-0.2, 0) is 11.8 Å². The Labute approximate surface area is 158 Å². The normalized spacial score (nSPS) is 21.3. The Bertz CT molecular complexity index is 863. The predicted octanol–water partition coefficient (Wildman–Crippen LogP) is 1.00. The molecule has 4 heterocycles. The lowest BCUT2D eigenvalue weighted by atomic mass is 10.0. The number of hydrogen-bond donors (Lipinski definition) is 0. The number of nitriles is 1. The van der Waals surface area contributed by atoms with Crippen LogP contribution in [0.4, 0.5) is 11.5 Å². The third-order valence-corrected chi connectivity index (χ3v) is 5.37. The van der Waals surface area contributed by atoms with E-state index in [-0.39, 0.29) is 11.9 Å². The van der Waals surface area contributed by atoms with E-state index in [0.29, 0.717) is 5.56 Å². The van der Waals surface area contributed by atoms with Gasteiger partial charge in [0.1, 0.15) is 11.9 Å². The lowest BCUT2D eigenvalue weighted by Crippen LogP contribution is -2.58. The number of piperazine rings is 1. The maximum atomic E-state index is 13.1. The summed E-state index contributed by atoms with van der Waals surface area (Å²) in [4.78, 5) is 23.7. The number of carbonyl (C=O) groups is 1. The number of aryl methyl sites for hydroxylation is 1. The monoisotopic (exact) mass is 365 g/mol. The third kappa shape index (κ3) is 3.38. The molecule has 2 aromatic heterocycles. The second kappa shape index (κ2) is 7.37. The first-order valence-corrected chi connectivity index (χ1v) is 9.31. The first-order chi connectivity index (χ1) is 13.2. The second-order valence-electron chi connectivity index (χ2n) is 7.03. The zero-order valence-electron chi connectivity index (χ0n) is 15.5. The topological polar surface area (TPSA) is 81.3 Å². The summed E-state index contributed by atoms with van der Waals surface area (Å²) < 4.78 is 1.73. The number of carbonyl (C=O) groups excluding carboxylic acids is 1. The van der Waals surface area contributed by atoms with E-state index < -0.39 is 0 Å². The number of pyridine rings is 1. The standard InChI is InChI=1S/C19H23N7O/c1-23-14-16(13-22-23)26-7-3-5-17(19(26)27)24-8-10-25(11-9-24)18-15(12-20)4-2-6-21-18/h2,4,6,13-14,17H,3,5,7-11H2,1H3/t17-/m0/s1. The minimum atomic E-state index is -0.0831. The number of rotatable bonds is 3. The molecule has 0 spiro atoms. The molecule has 0 unspecified atom stereocenters. The molecule has 0 radical (unpaired) electrons. The van der Waals surface area contributed by atoms with E-state index in [0.717, 1.165) is 57.1 Å². The Morgan fingerprint density at radius 1 is 1.22 bits per heavy atom. The number of piperidine rings is 1. The van der Waals surface area contributed by atoms with Crippen LogP contribution in [0.3, 0.4) is 0 Å². The van der Waals surface area contributed by atoms with E-state index in [1.165, 1.54) is 0 Å². The molecular weight excluding hydrogens is 342 g/mol. The molecule has 0 bridgehead atoms. The minimum Gasteiger partial charge on any atom is -0.353 e. The van der Waals surface area contributed by atoms with Gasteiger partial charge in [-0.3, -0.25) is 14.4 Å². The van der Waals surface area contributed by atoms with Crippen molar-refractivity contribution in [1.82, 2.24) is 19.7 Å². The summed E-state index contributed by atoms with van der Waals surface area (Å²) in [6.07, 6.45) is 7.25. The fraction of sp³-hybridized carbons (Fsp3) is 0.474. The van der Waals surface area contributed by atoms with Crippen LogP contribution in [0.2, 0.25) is 0 Å². The van der Waals surface area contributed by atoms with Crippen molar-refractivity contribution in [1.29, 1.82) is 5.26 Å². The van der Waals surface area contributed by atoms with Gasteiger partial charge >= 0.3 is 0 Å². The molecule has 2 saturated heterocycles. The van der Waals surface area contributed by atoms with Crippen molar-refractivity contribution in [2.75, 3.05) is 42.5 Å². The fourth-order valence-electron chi connectivity index (χ4n) is 3.98. The summed E-state index contributed by atoms with van der Waals surface area (Å²) in [5, 5.41) is 13.5. The highest BCUT2D eigenvalue weighted by molar-refractivity contribution is 5.97. The van der Waals surface area contributed by atoms with E-state index in [1.54, 1.807) is 29.2 Å². The Kier molecular flexibility index (Phi) is 4.77. The van der Waals surface area contributed by atoms with Gasteiger partial charge in [-0.25, -0.2) is 4.98 Å². The molecule has 2 fully saturated rings. The first kappa shape index (κ1) is 17.5. The molecular formula is C19H23N7O. The molecule has 140 valence electrons. The summed E-state index contributed by atoms with van der Waals surface area (Å²) >= 11 is 0. The highest BCUT2D eigenvalue weighted by atomic mass is 16.2. The largest absolute Gasteiger partial charge is 0.353 e. The Balaban J connectivity index is 1.43. The molecule has 0 aromatic carbocycles. The SMILES string of the molecule is Cn1cc(N2CCC[C@H](N3CCN(c4ncccc4C#N)CC3)C2=O)cn1. The summed E-state index contributed by atoms with van der Waals surface area (Å²) in [5.74, 6) is 0.907. The van der Waals surface area contributed by atoms with Crippen LogP contribution in [0.25, 0.3) is 0 Å². The maximum Gasteiger partial charge on any atom is 0.244 e. The van der Waals surface area contributed by atoms with Crippen molar-refractivity contribution in [2.45, 2.75) is 18.9 Å². The lowest BCUT2D eigenvalue weighted by molar-refractivity contribution is -0.125. The van der Waals surface area contributed by atoms with E-state index in [4.69, 9.17) is 0 Å². The third-order valence-electron chi connectivity index (χ3n) is 5.37. The predicted molar refractivity (Wildman–Crippen MR) is 101 cm³/mol. The number of hydrogen-bond acceptors (Lipinski definition) is 6. The van der Waals surface area contributed by atoms with Crippen LogP contribution in [0.1, 0.15) is 18.4 Å². The maximum absolute atomic E-state index is 13.1. The highest BCUT2D eigenvalue weighted by Gasteiger charge is 2.36. The van der Waals surface area contributed by atoms with Crippen molar-refractivity contribution in [3.63, 3.8) is 0 Å². The molecule has 4 rings (SSSR count). The van der Waals surface area contributed by atoms with E-state index in [9.17, 15) is 10.1 Å². The van der Waals surface area contributed by atoms with Crippen LogP contribution in [0, 0.1) is 11.3 Å². The molecule has 0 N–H and O–H groups in total. The average molecular weight is 365 g/mol. The molecule has 8 nitrogen and oxygen atoms in total. The molecule has 0 saturated carbocycles. The van der Waals surface area contributed by atoms with Gasteiger partial charge in [-0.15, -0.1) is 0 Å². The average Bonchev–Trinajstić information content (AvgIpc) is 3.14. The van der Waals surface area contributed by atoms with Crippen LogP contribution < -0.4 is 9.80 Å². The van der Waals surface area contributed by atoms with E-state index in [2.05, 4.69) is 26.0 Å². The fourth-order valence-corrected chi connectivity index (χ4v) is 3.98. The van der Waals surface area contributed by atoms with Crippen molar-refractivity contribution in [3.8, 4) is 6.07 Å². The van der Waals surface area contributed by atoms with Gasteiger partial charge in [0.05, 0.1) is 23.5 Å². The lowest BCUT2D eigenvalue weighted by Gasteiger charge is -2.42. The van der Waals surface area contributed by atoms with Crippen molar-refractivity contribution in [3.05, 3.63) is 36.3 Å².